The Morgan fingerprint density at radius 3 is 1.55 bits per heavy atom. The van der Waals surface area contributed by atoms with Crippen molar-refractivity contribution < 1.29 is 112 Å². The number of fused-ring (bicyclic) bond motifs is 5. The number of thioether (sulfide) groups is 1. The first-order chi connectivity index (χ1) is 65.1. The van der Waals surface area contributed by atoms with Crippen LogP contribution in [0.25, 0.3) is 21.8 Å². The average Bonchev–Trinajstić information content (AvgIpc) is 1.41. The topological polar surface area (TPSA) is 657 Å². The number of nitrogens with one attached hydrogen (secondary N) is 13. The smallest absolute Gasteiger partial charge is 0.305 e. The van der Waals surface area contributed by atoms with Crippen LogP contribution in [0, 0.1) is 0 Å². The zero-order valence-electron chi connectivity index (χ0n) is 76.2. The van der Waals surface area contributed by atoms with E-state index in [1.165, 1.54) is 60.7 Å². The van der Waals surface area contributed by atoms with Crippen LogP contribution in [0.3, 0.4) is 0 Å². The first-order valence-electron chi connectivity index (χ1n) is 45.7. The summed E-state index contributed by atoms with van der Waals surface area (Å²) in [5.41, 5.74) is 14.0. The second-order valence-electron chi connectivity index (χ2n) is 34.6. The number of aromatic amines is 3. The lowest BCUT2D eigenvalue weighted by Crippen LogP contribution is -2.62. The van der Waals surface area contributed by atoms with E-state index in [1.807, 2.05) is 13.8 Å². The zero-order chi connectivity index (χ0) is 98.6. The first kappa shape index (κ1) is 105. The summed E-state index contributed by atoms with van der Waals surface area (Å²) in [4.78, 5) is 279. The van der Waals surface area contributed by atoms with Crippen molar-refractivity contribution >= 4 is 140 Å². The molecule has 4 aliphatic rings. The number of aliphatic hydroxyl groups excluding tert-OH is 2. The molecular formula is C91H123N21O23S. The maximum atomic E-state index is 15.8. The van der Waals surface area contributed by atoms with Gasteiger partial charge in [0, 0.05) is 117 Å². The number of carbonyl (C=O) groups excluding carboxylic acids is 16. The van der Waals surface area contributed by atoms with Crippen molar-refractivity contribution in [2.24, 2.45) is 11.5 Å². The van der Waals surface area contributed by atoms with E-state index in [9.17, 15) is 68.7 Å². The normalized spacial score (nSPS) is 25.2. The fourth-order valence-corrected chi connectivity index (χ4v) is 18.4. The van der Waals surface area contributed by atoms with Gasteiger partial charge >= 0.3 is 11.9 Å². The highest BCUT2D eigenvalue weighted by Crippen LogP contribution is 2.29. The molecule has 15 atom stereocenters. The number of H-pyrrole nitrogens is 3. The van der Waals surface area contributed by atoms with E-state index in [-0.39, 0.29) is 102 Å². The lowest BCUT2D eigenvalue weighted by molar-refractivity contribution is -0.149. The number of carboxylic acids is 2. The number of unbranched alkanes of at least 4 members (excludes halogenated alkanes) is 2. The fourth-order valence-electron chi connectivity index (χ4n) is 17.6. The summed E-state index contributed by atoms with van der Waals surface area (Å²) in [5, 5.41) is 82.1. The number of likely N-dealkylation sites (N-methyl/N-ethyl adjacent to an activating group) is 2. The third kappa shape index (κ3) is 28.5. The Labute approximate surface area is 787 Å². The van der Waals surface area contributed by atoms with Crippen LogP contribution in [-0.2, 0) is 112 Å². The molecule has 22 N–H and O–H groups in total. The van der Waals surface area contributed by atoms with Gasteiger partial charge in [0.25, 0.3) is 0 Å². The van der Waals surface area contributed by atoms with Gasteiger partial charge in [-0.15, -0.1) is 11.8 Å². The van der Waals surface area contributed by atoms with Gasteiger partial charge < -0.3 is 125 Å². The third-order valence-corrected chi connectivity index (χ3v) is 25.9. The molecular weight excluding hydrogens is 1790 g/mol. The molecule has 0 radical (unpaired) electrons. The van der Waals surface area contributed by atoms with Crippen molar-refractivity contribution in [3.63, 3.8) is 0 Å². The zero-order valence-corrected chi connectivity index (χ0v) is 77.1. The van der Waals surface area contributed by atoms with Gasteiger partial charge in [-0.2, -0.15) is 0 Å². The van der Waals surface area contributed by atoms with Crippen LogP contribution >= 0.6 is 11.8 Å². The van der Waals surface area contributed by atoms with E-state index >= 15 is 43.2 Å². The summed E-state index contributed by atoms with van der Waals surface area (Å²) in [6, 6.07) is -2.58. The molecule has 0 aliphatic carbocycles. The number of piperidine rings is 1. The largest absolute Gasteiger partial charge is 0.508 e. The molecule has 4 fully saturated rings. The number of para-hydroxylation sites is 2. The van der Waals surface area contributed by atoms with E-state index < -0.39 is 254 Å². The van der Waals surface area contributed by atoms with Crippen molar-refractivity contribution in [2.45, 2.75) is 246 Å². The van der Waals surface area contributed by atoms with Gasteiger partial charge in [-0.05, 0) is 119 Å². The fraction of sp³-hybridized carbons (Fsp3) is 0.527. The van der Waals surface area contributed by atoms with E-state index in [0.717, 1.165) is 26.5 Å². The van der Waals surface area contributed by atoms with Crippen molar-refractivity contribution in [1.82, 2.24) is 97.6 Å². The van der Waals surface area contributed by atoms with Crippen molar-refractivity contribution in [1.29, 1.82) is 0 Å². The minimum Gasteiger partial charge on any atom is -0.508 e. The number of aromatic nitrogens is 4. The molecule has 7 heterocycles. The number of aliphatic carboxylic acids is 2. The van der Waals surface area contributed by atoms with E-state index in [4.69, 9.17) is 11.5 Å². The molecule has 136 heavy (non-hydrogen) atoms. The Morgan fingerprint density at radius 2 is 0.993 bits per heavy atom. The molecule has 16 amide bonds. The Hall–Kier alpha value is -13.6. The van der Waals surface area contributed by atoms with Crippen molar-refractivity contribution in [3.8, 4) is 5.75 Å². The molecule has 736 valence electrons. The van der Waals surface area contributed by atoms with Crippen LogP contribution in [0.2, 0.25) is 0 Å². The summed E-state index contributed by atoms with van der Waals surface area (Å²) in [6.07, 6.45) is 1.97. The highest BCUT2D eigenvalue weighted by atomic mass is 32.2. The number of nitrogens with zero attached hydrogens (tertiary/aromatic N) is 6. The molecule has 10 rings (SSSR count). The van der Waals surface area contributed by atoms with Gasteiger partial charge in [0.05, 0.1) is 43.7 Å². The summed E-state index contributed by atoms with van der Waals surface area (Å²) >= 11 is 0.722. The number of aromatic hydroxyl groups is 1. The highest BCUT2D eigenvalue weighted by Gasteiger charge is 2.47. The van der Waals surface area contributed by atoms with E-state index in [1.54, 1.807) is 60.9 Å². The Bertz CT molecular complexity index is 5270. The number of carboxylic acid groups (broad SMARTS) is 2. The number of nitrogens with two attached hydrogens (primary N) is 2. The van der Waals surface area contributed by atoms with Crippen LogP contribution in [0.15, 0.2) is 97.7 Å². The monoisotopic (exact) mass is 1910 g/mol. The number of amides is 16. The molecule has 0 saturated carbocycles. The maximum Gasteiger partial charge on any atom is 0.305 e. The molecule has 0 spiro atoms. The molecule has 4 saturated heterocycles. The predicted molar refractivity (Wildman–Crippen MR) is 492 cm³/mol. The SMILES string of the molecule is CCCC[C@H]1C(O)N(C)[C@@H](CCCC)C(=O)N[C@@H](CCC(=O)O)C(=O)N[C@H](C(=O)NCC(N)=O)CSCC(=O)N[C@@H](Cc2ccc(O)cc2)C(=O)N2CCCC[C@H]2C(=O)N[C@@H](CC(=O)O)C(=O)N2CCC[C@H]2C(=O)N[C@@H](Cc2cnc[nH]2)C(=O)N[C@@H](CCC(N)=O)C(=O)N2CCC[C@H]2C(=O)N[C@@H](Cc2c[nH]c3ccccc23)C(=O)N[C@@H](CO)C(=O)N[C@@H](Cc2c[nH]c3ccccc23)C(=O)N1C. The summed E-state index contributed by atoms with van der Waals surface area (Å²) in [7, 11) is 2.76. The molecule has 3 aromatic heterocycles. The van der Waals surface area contributed by atoms with Crippen LogP contribution in [0.5, 0.6) is 5.75 Å². The third-order valence-electron chi connectivity index (χ3n) is 24.9. The van der Waals surface area contributed by atoms with Crippen LogP contribution in [-0.4, -0.2) is 326 Å². The predicted octanol–water partition coefficient (Wildman–Crippen LogP) is -2.15. The molecule has 44 nitrogen and oxygen atoms in total. The molecule has 0 bridgehead atoms. The number of aliphatic hydroxyl groups is 2. The average molecular weight is 1910 g/mol. The first-order valence-corrected chi connectivity index (χ1v) is 46.8. The summed E-state index contributed by atoms with van der Waals surface area (Å²) in [5.74, 6) is -19.8. The summed E-state index contributed by atoms with van der Waals surface area (Å²) in [6.45, 7) is 1.37. The van der Waals surface area contributed by atoms with Gasteiger partial charge in [-0.25, -0.2) is 4.98 Å². The van der Waals surface area contributed by atoms with Gasteiger partial charge in [-0.1, -0.05) is 88.1 Å². The number of imidazole rings is 1. The van der Waals surface area contributed by atoms with Crippen molar-refractivity contribution in [2.75, 3.05) is 58.4 Å². The lowest BCUT2D eigenvalue weighted by atomic mass is 9.97. The number of phenols is 1. The van der Waals surface area contributed by atoms with E-state index in [0.29, 0.717) is 77.0 Å². The van der Waals surface area contributed by atoms with Gasteiger partial charge in [0.2, 0.25) is 94.5 Å². The quantitative estimate of drug-likeness (QED) is 0.0275. The second kappa shape index (κ2) is 50.1. The summed E-state index contributed by atoms with van der Waals surface area (Å²) < 4.78 is 0. The number of phenolic OH excluding ortho intramolecular Hbond substituents is 1. The van der Waals surface area contributed by atoms with Gasteiger partial charge in [0.15, 0.2) is 0 Å². The Balaban J connectivity index is 1.02. The Morgan fingerprint density at radius 1 is 0.500 bits per heavy atom. The van der Waals surface area contributed by atoms with Crippen molar-refractivity contribution in [3.05, 3.63) is 120 Å². The number of primary amides is 2. The minimum atomic E-state index is -1.91. The van der Waals surface area contributed by atoms with Crippen LogP contribution in [0.1, 0.15) is 152 Å². The Kier molecular flexibility index (Phi) is 38.5. The molecule has 3 aromatic carbocycles. The molecule has 1 unspecified atom stereocenters. The molecule has 6 aromatic rings. The molecule has 45 heteroatoms. The second-order valence-corrected chi connectivity index (χ2v) is 35.7. The number of hydrogen-bond acceptors (Lipinski definition) is 24. The minimum absolute atomic E-state index is 0.0262. The number of carbonyl (C=O) groups is 18. The number of benzene rings is 3. The van der Waals surface area contributed by atoms with Crippen LogP contribution < -0.4 is 64.6 Å². The van der Waals surface area contributed by atoms with Gasteiger partial charge in [-0.3, -0.25) is 91.2 Å². The number of rotatable bonds is 26. The van der Waals surface area contributed by atoms with Gasteiger partial charge in [0.1, 0.15) is 84.5 Å². The maximum absolute atomic E-state index is 15.8. The standard InChI is InChI=1S/C91H123N21O23S/c1-5-7-21-68-83(127)100-59(31-33-76(118)119)79(123)107-67(78(122)97-45-74(93)116)47-136-48-75(117)99-63(37-50-26-28-54(114)29-27-50)89(133)110-34-14-13-23-69(110)86(130)105-65(41-77(120)121)90(134)112-36-16-25-71(112)85(129)103-62(40-53-44-94-49-98-53)81(125)101-60(30-32-73(92)115)88(132)111-35-15-24-70(111)84(128)102-61(38-51-42-95-57-19-11-9-17-55(51)57)80(124)106-66(46-113)82(126)104-64(39-52-43-96-58-20-12-10-18-56(52)58)87(131)109(4)72(22-8-6-2)91(135)108(68)3/h9-12,17-20,26-29,42-44,49,59-72,91,95-96,113-114,135H,5-8,13-16,21-25,30-41,45-48H2,1-4H3,(H2,92,115)(H2,93,116)(H,94,98)(H,97,122)(H,99,117)(H,100,127)(H,101,125)(H,102,128)(H,103,129)(H,104,126)(H,105,130)(H,106,124)(H,107,123)(H,118,119)(H,120,121)/t59-,60-,61-,62-,63-,64-,65-,66-,67-,68-,69-,70-,71-,72-,91?/m0/s1. The van der Waals surface area contributed by atoms with E-state index in [2.05, 4.69) is 73.1 Å². The number of hydrogen-bond donors (Lipinski definition) is 20. The lowest BCUT2D eigenvalue weighted by Gasteiger charge is -2.41. The highest BCUT2D eigenvalue weighted by molar-refractivity contribution is 8.00. The van der Waals surface area contributed by atoms with Crippen LogP contribution in [0.4, 0.5) is 0 Å². The molecule has 4 aliphatic heterocycles.